The average Bonchev–Trinajstić information content (AvgIpc) is 2.65. The first-order chi connectivity index (χ1) is 12.5. The van der Waals surface area contributed by atoms with Crippen LogP contribution in [0.2, 0.25) is 0 Å². The molecule has 26 heavy (non-hydrogen) atoms. The van der Waals surface area contributed by atoms with E-state index in [0.29, 0.717) is 5.41 Å². The molecule has 0 fully saturated rings. The van der Waals surface area contributed by atoms with Crippen molar-refractivity contribution in [1.29, 1.82) is 0 Å². The van der Waals surface area contributed by atoms with Crippen molar-refractivity contribution in [2.75, 3.05) is 33.7 Å². The number of nitrogens with zero attached hydrogens (tertiary/aromatic N) is 1. The number of hydrogen-bond acceptors (Lipinski definition) is 2. The van der Waals surface area contributed by atoms with Crippen molar-refractivity contribution >= 4 is 0 Å². The Labute approximate surface area is 163 Å². The van der Waals surface area contributed by atoms with Crippen LogP contribution in [-0.2, 0) is 6.42 Å². The summed E-state index contributed by atoms with van der Waals surface area (Å²) in [6.45, 7) is 10.7. The molecule has 0 radical (unpaired) electrons. The van der Waals surface area contributed by atoms with E-state index < -0.39 is 0 Å². The Morgan fingerprint density at radius 2 is 1.81 bits per heavy atom. The highest BCUT2D eigenvalue weighted by Crippen LogP contribution is 2.29. The fourth-order valence-corrected chi connectivity index (χ4v) is 4.14. The molecule has 0 saturated heterocycles. The molecule has 1 aromatic carbocycles. The summed E-state index contributed by atoms with van der Waals surface area (Å²) in [4.78, 5) is 2.58. The third-order valence-corrected chi connectivity index (χ3v) is 5.92. The summed E-state index contributed by atoms with van der Waals surface area (Å²) >= 11 is 0. The van der Waals surface area contributed by atoms with Crippen molar-refractivity contribution in [2.45, 2.75) is 72.1 Å². The molecule has 0 amide bonds. The van der Waals surface area contributed by atoms with Crippen LogP contribution in [0.25, 0.3) is 0 Å². The van der Waals surface area contributed by atoms with E-state index in [-0.39, 0.29) is 0 Å². The molecule has 2 unspecified atom stereocenters. The van der Waals surface area contributed by atoms with E-state index in [1.165, 1.54) is 70.0 Å². The van der Waals surface area contributed by atoms with Gasteiger partial charge in [0.05, 0.1) is 0 Å². The second-order valence-corrected chi connectivity index (χ2v) is 8.59. The first-order valence-corrected chi connectivity index (χ1v) is 10.9. The lowest BCUT2D eigenvalue weighted by Gasteiger charge is -2.34. The maximum absolute atomic E-state index is 3.36. The standard InChI is InChI=1S/C24H44N2/c1-6-12-22(7-2)15-11-20-26(5)21-24(3,18-19-25-4)17-16-23-13-9-8-10-14-23/h8-10,13-14,22,25H,6-7,11-12,15-21H2,1-5H3. The lowest BCUT2D eigenvalue weighted by molar-refractivity contribution is 0.163. The van der Waals surface area contributed by atoms with E-state index in [2.05, 4.69) is 75.4 Å². The molecule has 1 N–H and O–H groups in total. The minimum atomic E-state index is 0.376. The Hall–Kier alpha value is -0.860. The van der Waals surface area contributed by atoms with Crippen LogP contribution < -0.4 is 5.32 Å². The maximum atomic E-state index is 3.36. The van der Waals surface area contributed by atoms with E-state index in [9.17, 15) is 0 Å². The van der Waals surface area contributed by atoms with Crippen molar-refractivity contribution in [1.82, 2.24) is 10.2 Å². The second-order valence-electron chi connectivity index (χ2n) is 8.59. The van der Waals surface area contributed by atoms with Gasteiger partial charge in [-0.3, -0.25) is 0 Å². The van der Waals surface area contributed by atoms with Crippen LogP contribution in [0.1, 0.15) is 71.3 Å². The normalized spacial score (nSPS) is 15.2. The highest BCUT2D eigenvalue weighted by molar-refractivity contribution is 5.15. The SMILES string of the molecule is CCCC(CC)CCCN(C)CC(C)(CCNC)CCc1ccccc1. The topological polar surface area (TPSA) is 15.3 Å². The van der Waals surface area contributed by atoms with E-state index in [0.717, 1.165) is 12.5 Å². The number of rotatable bonds is 15. The van der Waals surface area contributed by atoms with Crippen LogP contribution in [0.15, 0.2) is 30.3 Å². The number of hydrogen-bond donors (Lipinski definition) is 1. The molecule has 2 atom stereocenters. The molecule has 0 aliphatic carbocycles. The predicted molar refractivity (Wildman–Crippen MR) is 117 cm³/mol. The zero-order valence-corrected chi connectivity index (χ0v) is 18.2. The average molecular weight is 361 g/mol. The first-order valence-electron chi connectivity index (χ1n) is 10.9. The Balaban J connectivity index is 2.47. The van der Waals surface area contributed by atoms with Crippen LogP contribution in [0.4, 0.5) is 0 Å². The van der Waals surface area contributed by atoms with Gasteiger partial charge in [-0.05, 0) is 76.2 Å². The van der Waals surface area contributed by atoms with E-state index in [1.54, 1.807) is 0 Å². The van der Waals surface area contributed by atoms with Gasteiger partial charge in [-0.15, -0.1) is 0 Å². The molecular formula is C24H44N2. The van der Waals surface area contributed by atoms with Crippen molar-refractivity contribution in [2.24, 2.45) is 11.3 Å². The van der Waals surface area contributed by atoms with Crippen LogP contribution in [0.5, 0.6) is 0 Å². The summed E-state index contributed by atoms with van der Waals surface area (Å²) in [5.74, 6) is 0.933. The molecule has 1 aromatic rings. The van der Waals surface area contributed by atoms with Gasteiger partial charge in [0.2, 0.25) is 0 Å². The highest BCUT2D eigenvalue weighted by atomic mass is 15.1. The van der Waals surface area contributed by atoms with Gasteiger partial charge in [0, 0.05) is 6.54 Å². The van der Waals surface area contributed by atoms with Crippen LogP contribution in [0, 0.1) is 11.3 Å². The van der Waals surface area contributed by atoms with Crippen molar-refractivity contribution < 1.29 is 0 Å². The van der Waals surface area contributed by atoms with Gasteiger partial charge >= 0.3 is 0 Å². The Morgan fingerprint density at radius 1 is 1.08 bits per heavy atom. The predicted octanol–water partition coefficient (Wildman–Crippen LogP) is 5.77. The molecule has 0 aliphatic heterocycles. The van der Waals surface area contributed by atoms with Crippen molar-refractivity contribution in [3.8, 4) is 0 Å². The van der Waals surface area contributed by atoms with Gasteiger partial charge in [-0.2, -0.15) is 0 Å². The Morgan fingerprint density at radius 3 is 2.42 bits per heavy atom. The molecular weight excluding hydrogens is 316 g/mol. The Kier molecular flexibility index (Phi) is 11.9. The number of aryl methyl sites for hydroxylation is 1. The van der Waals surface area contributed by atoms with Gasteiger partial charge in [0.15, 0.2) is 0 Å². The Bertz CT molecular complexity index is 445. The summed E-state index contributed by atoms with van der Waals surface area (Å²) in [5, 5.41) is 3.36. The molecule has 0 spiro atoms. The molecule has 0 heterocycles. The molecule has 150 valence electrons. The third kappa shape index (κ3) is 9.73. The van der Waals surface area contributed by atoms with Crippen molar-refractivity contribution in [3.05, 3.63) is 35.9 Å². The van der Waals surface area contributed by atoms with Gasteiger partial charge in [0.25, 0.3) is 0 Å². The van der Waals surface area contributed by atoms with Gasteiger partial charge < -0.3 is 10.2 Å². The second kappa shape index (κ2) is 13.3. The van der Waals surface area contributed by atoms with Crippen LogP contribution in [0.3, 0.4) is 0 Å². The minimum absolute atomic E-state index is 0.376. The lowest BCUT2D eigenvalue weighted by atomic mass is 9.80. The zero-order valence-electron chi connectivity index (χ0n) is 18.2. The highest BCUT2D eigenvalue weighted by Gasteiger charge is 2.25. The summed E-state index contributed by atoms with van der Waals surface area (Å²) in [5.41, 5.74) is 1.84. The molecule has 1 rings (SSSR count). The van der Waals surface area contributed by atoms with E-state index in [1.807, 2.05) is 0 Å². The molecule has 0 aliphatic rings. The van der Waals surface area contributed by atoms with Gasteiger partial charge in [0.1, 0.15) is 0 Å². The van der Waals surface area contributed by atoms with E-state index in [4.69, 9.17) is 0 Å². The van der Waals surface area contributed by atoms with Crippen LogP contribution in [-0.4, -0.2) is 38.6 Å². The maximum Gasteiger partial charge on any atom is 0.00329 e. The summed E-state index contributed by atoms with van der Waals surface area (Å²) in [7, 11) is 4.39. The molecule has 0 aromatic heterocycles. The molecule has 0 saturated carbocycles. The van der Waals surface area contributed by atoms with Gasteiger partial charge in [-0.25, -0.2) is 0 Å². The fourth-order valence-electron chi connectivity index (χ4n) is 4.14. The monoisotopic (exact) mass is 360 g/mol. The van der Waals surface area contributed by atoms with Gasteiger partial charge in [-0.1, -0.05) is 70.4 Å². The summed E-state index contributed by atoms with van der Waals surface area (Å²) in [6, 6.07) is 11.0. The molecule has 0 bridgehead atoms. The smallest absolute Gasteiger partial charge is 0.00329 e. The third-order valence-electron chi connectivity index (χ3n) is 5.92. The lowest BCUT2D eigenvalue weighted by Crippen LogP contribution is -2.36. The summed E-state index contributed by atoms with van der Waals surface area (Å²) < 4.78 is 0. The minimum Gasteiger partial charge on any atom is -0.320 e. The largest absolute Gasteiger partial charge is 0.320 e. The number of nitrogens with one attached hydrogen (secondary N) is 1. The molecule has 2 heteroatoms. The quantitative estimate of drug-likeness (QED) is 0.427. The summed E-state index contributed by atoms with van der Waals surface area (Å²) in [6.07, 6.45) is 10.5. The number of benzene rings is 1. The van der Waals surface area contributed by atoms with E-state index >= 15 is 0 Å². The zero-order chi connectivity index (χ0) is 19.3. The fraction of sp³-hybridized carbons (Fsp3) is 0.750. The van der Waals surface area contributed by atoms with Crippen molar-refractivity contribution in [3.63, 3.8) is 0 Å². The van der Waals surface area contributed by atoms with Crippen LogP contribution >= 0.6 is 0 Å². The first kappa shape index (κ1) is 23.2. The molecule has 2 nitrogen and oxygen atoms in total.